The van der Waals surface area contributed by atoms with Gasteiger partial charge in [0, 0.05) is 23.9 Å². The molecule has 0 spiro atoms. The number of benzene rings is 2. The summed E-state index contributed by atoms with van der Waals surface area (Å²) in [5.41, 5.74) is 1.47. The van der Waals surface area contributed by atoms with E-state index in [2.05, 4.69) is 16.0 Å². The van der Waals surface area contributed by atoms with Gasteiger partial charge in [-0.25, -0.2) is 4.39 Å². The molecule has 23 heavy (non-hydrogen) atoms. The van der Waals surface area contributed by atoms with Crippen molar-refractivity contribution in [1.82, 2.24) is 5.32 Å². The van der Waals surface area contributed by atoms with Crippen molar-refractivity contribution in [2.75, 3.05) is 10.6 Å². The van der Waals surface area contributed by atoms with E-state index in [0.717, 1.165) is 6.07 Å². The van der Waals surface area contributed by atoms with Crippen molar-refractivity contribution in [2.24, 2.45) is 0 Å². The molecule has 0 unspecified atom stereocenters. The molecule has 0 aliphatic carbocycles. The summed E-state index contributed by atoms with van der Waals surface area (Å²) in [6.07, 6.45) is 0. The number of carbonyl (C=O) groups excluding carboxylic acids is 2. The van der Waals surface area contributed by atoms with Crippen LogP contribution in [0.2, 0.25) is 0 Å². The molecule has 0 aliphatic heterocycles. The molecule has 7 heteroatoms. The minimum absolute atomic E-state index is 0.0894. The van der Waals surface area contributed by atoms with Crippen LogP contribution in [0.4, 0.5) is 15.8 Å². The van der Waals surface area contributed by atoms with E-state index in [1.54, 1.807) is 24.3 Å². The molecule has 3 N–H and O–H groups in total. The minimum Gasteiger partial charge on any atom is -0.332 e. The molecule has 2 rings (SSSR count). The molecule has 0 radical (unpaired) electrons. The van der Waals surface area contributed by atoms with Crippen LogP contribution in [0.3, 0.4) is 0 Å². The SMILES string of the molecule is CC(=O)Nc1ccc(NC(=S)NC(=O)c2cccc(F)c2)cc1. The van der Waals surface area contributed by atoms with Gasteiger partial charge in [-0.05, 0) is 54.7 Å². The Morgan fingerprint density at radius 3 is 2.17 bits per heavy atom. The van der Waals surface area contributed by atoms with E-state index in [9.17, 15) is 14.0 Å². The second-order valence-electron chi connectivity index (χ2n) is 4.68. The molecule has 5 nitrogen and oxygen atoms in total. The summed E-state index contributed by atoms with van der Waals surface area (Å²) in [6.45, 7) is 1.42. The first kappa shape index (κ1) is 16.6. The highest BCUT2D eigenvalue weighted by Crippen LogP contribution is 2.13. The van der Waals surface area contributed by atoms with Crippen LogP contribution in [0.15, 0.2) is 48.5 Å². The third kappa shape index (κ3) is 5.15. The maximum Gasteiger partial charge on any atom is 0.257 e. The van der Waals surface area contributed by atoms with Crippen LogP contribution in [-0.2, 0) is 4.79 Å². The van der Waals surface area contributed by atoms with Crippen LogP contribution in [0, 0.1) is 5.82 Å². The van der Waals surface area contributed by atoms with Gasteiger partial charge >= 0.3 is 0 Å². The van der Waals surface area contributed by atoms with Gasteiger partial charge in [-0.1, -0.05) is 6.07 Å². The molecule has 0 saturated carbocycles. The number of amides is 2. The average molecular weight is 331 g/mol. The highest BCUT2D eigenvalue weighted by Gasteiger charge is 2.08. The van der Waals surface area contributed by atoms with Crippen molar-refractivity contribution in [2.45, 2.75) is 6.92 Å². The fourth-order valence-corrected chi connectivity index (χ4v) is 2.02. The summed E-state index contributed by atoms with van der Waals surface area (Å²) in [5, 5.41) is 8.02. The lowest BCUT2D eigenvalue weighted by atomic mass is 10.2. The number of thiocarbonyl (C=S) groups is 1. The van der Waals surface area contributed by atoms with Crippen molar-refractivity contribution in [1.29, 1.82) is 0 Å². The second kappa shape index (κ2) is 7.46. The number of hydrogen-bond donors (Lipinski definition) is 3. The summed E-state index contributed by atoms with van der Waals surface area (Å²) >= 11 is 5.04. The first-order valence-electron chi connectivity index (χ1n) is 6.69. The smallest absolute Gasteiger partial charge is 0.257 e. The van der Waals surface area contributed by atoms with E-state index in [1.165, 1.54) is 25.1 Å². The fourth-order valence-electron chi connectivity index (χ4n) is 1.81. The Balaban J connectivity index is 1.94. The topological polar surface area (TPSA) is 70.2 Å². The second-order valence-corrected chi connectivity index (χ2v) is 5.09. The van der Waals surface area contributed by atoms with Gasteiger partial charge in [-0.15, -0.1) is 0 Å². The maximum atomic E-state index is 13.1. The van der Waals surface area contributed by atoms with Gasteiger partial charge in [0.15, 0.2) is 5.11 Å². The quantitative estimate of drug-likeness (QED) is 0.757. The molecule has 0 aliphatic rings. The Bertz CT molecular complexity index is 747. The van der Waals surface area contributed by atoms with Gasteiger partial charge in [0.1, 0.15) is 5.82 Å². The maximum absolute atomic E-state index is 13.1. The van der Waals surface area contributed by atoms with Crippen LogP contribution in [0.5, 0.6) is 0 Å². The Morgan fingerprint density at radius 1 is 1.00 bits per heavy atom. The van der Waals surface area contributed by atoms with Crippen molar-refractivity contribution in [3.05, 3.63) is 59.9 Å². The van der Waals surface area contributed by atoms with Gasteiger partial charge < -0.3 is 10.6 Å². The number of anilines is 2. The first-order chi connectivity index (χ1) is 10.9. The Hall–Kier alpha value is -2.80. The van der Waals surface area contributed by atoms with Crippen LogP contribution >= 0.6 is 12.2 Å². The van der Waals surface area contributed by atoms with E-state index < -0.39 is 11.7 Å². The normalized spacial score (nSPS) is 9.83. The Morgan fingerprint density at radius 2 is 1.61 bits per heavy atom. The number of carbonyl (C=O) groups is 2. The van der Waals surface area contributed by atoms with Crippen molar-refractivity contribution >= 4 is 40.5 Å². The van der Waals surface area contributed by atoms with Crippen LogP contribution in [0.25, 0.3) is 0 Å². The highest BCUT2D eigenvalue weighted by atomic mass is 32.1. The van der Waals surface area contributed by atoms with Crippen molar-refractivity contribution in [3.8, 4) is 0 Å². The average Bonchev–Trinajstić information content (AvgIpc) is 2.48. The van der Waals surface area contributed by atoms with E-state index in [-0.39, 0.29) is 16.6 Å². The summed E-state index contributed by atoms with van der Waals surface area (Å²) in [4.78, 5) is 22.9. The van der Waals surface area contributed by atoms with Crippen LogP contribution in [0.1, 0.15) is 17.3 Å². The lowest BCUT2D eigenvalue weighted by Gasteiger charge is -2.10. The number of hydrogen-bond acceptors (Lipinski definition) is 3. The summed E-state index contributed by atoms with van der Waals surface area (Å²) in [5.74, 6) is -1.16. The molecular formula is C16H14FN3O2S. The third-order valence-electron chi connectivity index (χ3n) is 2.78. The zero-order valence-corrected chi connectivity index (χ0v) is 13.0. The Labute approximate surface area is 137 Å². The zero-order valence-electron chi connectivity index (χ0n) is 12.2. The van der Waals surface area contributed by atoms with Gasteiger partial charge in [-0.2, -0.15) is 0 Å². The molecule has 2 aromatic carbocycles. The summed E-state index contributed by atoms with van der Waals surface area (Å²) in [6, 6.07) is 12.1. The van der Waals surface area contributed by atoms with Gasteiger partial charge in [0.25, 0.3) is 5.91 Å². The van der Waals surface area contributed by atoms with Gasteiger partial charge in [-0.3, -0.25) is 14.9 Å². The first-order valence-corrected chi connectivity index (χ1v) is 7.10. The molecule has 0 heterocycles. The van der Waals surface area contributed by atoms with E-state index in [0.29, 0.717) is 11.4 Å². The van der Waals surface area contributed by atoms with Crippen molar-refractivity contribution in [3.63, 3.8) is 0 Å². The minimum atomic E-state index is -0.503. The van der Waals surface area contributed by atoms with E-state index in [4.69, 9.17) is 12.2 Å². The van der Waals surface area contributed by atoms with Crippen LogP contribution in [-0.4, -0.2) is 16.9 Å². The zero-order chi connectivity index (χ0) is 16.8. The standard InChI is InChI=1S/C16H14FN3O2S/c1-10(21)18-13-5-7-14(8-6-13)19-16(23)20-15(22)11-3-2-4-12(17)9-11/h2-9H,1H3,(H,18,21)(H2,19,20,22,23). The number of nitrogens with one attached hydrogen (secondary N) is 3. The van der Waals surface area contributed by atoms with E-state index >= 15 is 0 Å². The summed E-state index contributed by atoms with van der Waals surface area (Å²) in [7, 11) is 0. The fraction of sp³-hybridized carbons (Fsp3) is 0.0625. The lowest BCUT2D eigenvalue weighted by Crippen LogP contribution is -2.34. The molecule has 2 amide bonds. The molecule has 0 saturated heterocycles. The predicted molar refractivity (Wildman–Crippen MR) is 90.8 cm³/mol. The Kier molecular flexibility index (Phi) is 5.37. The monoisotopic (exact) mass is 331 g/mol. The molecule has 0 bridgehead atoms. The lowest BCUT2D eigenvalue weighted by molar-refractivity contribution is -0.114. The summed E-state index contributed by atoms with van der Waals surface area (Å²) < 4.78 is 13.1. The molecule has 0 atom stereocenters. The molecular weight excluding hydrogens is 317 g/mol. The molecule has 0 aromatic heterocycles. The number of halogens is 1. The van der Waals surface area contributed by atoms with Crippen molar-refractivity contribution < 1.29 is 14.0 Å². The van der Waals surface area contributed by atoms with Crippen LogP contribution < -0.4 is 16.0 Å². The molecule has 0 fully saturated rings. The highest BCUT2D eigenvalue weighted by molar-refractivity contribution is 7.80. The largest absolute Gasteiger partial charge is 0.332 e. The van der Waals surface area contributed by atoms with E-state index in [1.807, 2.05) is 0 Å². The molecule has 118 valence electrons. The molecule has 2 aromatic rings. The van der Waals surface area contributed by atoms with Gasteiger partial charge in [0.05, 0.1) is 0 Å². The van der Waals surface area contributed by atoms with Gasteiger partial charge in [0.2, 0.25) is 5.91 Å². The predicted octanol–water partition coefficient (Wildman–Crippen LogP) is 2.91. The third-order valence-corrected chi connectivity index (χ3v) is 2.98. The number of rotatable bonds is 3.